The van der Waals surface area contributed by atoms with Gasteiger partial charge in [0, 0.05) is 11.8 Å². The standard InChI is InChI=1S/C10H5ClFNOS/c11-6-2-1-3-7(12)10(6)8-4-13-9(5-14)15-8/h1-5H. The van der Waals surface area contributed by atoms with E-state index in [4.69, 9.17) is 11.6 Å². The van der Waals surface area contributed by atoms with E-state index in [1.165, 1.54) is 18.3 Å². The molecular weight excluding hydrogens is 237 g/mol. The lowest BCUT2D eigenvalue weighted by atomic mass is 10.2. The van der Waals surface area contributed by atoms with Crippen molar-refractivity contribution in [1.29, 1.82) is 0 Å². The molecule has 15 heavy (non-hydrogen) atoms. The highest BCUT2D eigenvalue weighted by atomic mass is 35.5. The second kappa shape index (κ2) is 4.08. The van der Waals surface area contributed by atoms with Crippen molar-refractivity contribution in [2.75, 3.05) is 0 Å². The van der Waals surface area contributed by atoms with Crippen molar-refractivity contribution < 1.29 is 9.18 Å². The molecule has 0 saturated heterocycles. The summed E-state index contributed by atoms with van der Waals surface area (Å²) < 4.78 is 13.5. The van der Waals surface area contributed by atoms with Gasteiger partial charge in [-0.15, -0.1) is 11.3 Å². The number of benzene rings is 1. The van der Waals surface area contributed by atoms with E-state index in [-0.39, 0.29) is 0 Å². The number of hydrogen-bond donors (Lipinski definition) is 0. The molecule has 0 aliphatic carbocycles. The molecule has 2 nitrogen and oxygen atoms in total. The largest absolute Gasteiger partial charge is 0.295 e. The first kappa shape index (κ1) is 10.3. The van der Waals surface area contributed by atoms with Gasteiger partial charge in [0.25, 0.3) is 0 Å². The summed E-state index contributed by atoms with van der Waals surface area (Å²) >= 11 is 6.98. The van der Waals surface area contributed by atoms with Crippen LogP contribution in [0.4, 0.5) is 4.39 Å². The van der Waals surface area contributed by atoms with Gasteiger partial charge in [-0.25, -0.2) is 9.37 Å². The number of hydrogen-bond acceptors (Lipinski definition) is 3. The SMILES string of the molecule is O=Cc1ncc(-c2c(F)cccc2Cl)s1. The third-order valence-electron chi connectivity index (χ3n) is 1.83. The molecule has 0 spiro atoms. The molecule has 76 valence electrons. The maximum absolute atomic E-state index is 13.5. The van der Waals surface area contributed by atoms with Gasteiger partial charge in [0.15, 0.2) is 11.3 Å². The zero-order valence-electron chi connectivity index (χ0n) is 7.41. The summed E-state index contributed by atoms with van der Waals surface area (Å²) in [5.74, 6) is -0.413. The molecule has 0 unspecified atom stereocenters. The van der Waals surface area contributed by atoms with Gasteiger partial charge in [-0.05, 0) is 12.1 Å². The molecule has 5 heteroatoms. The van der Waals surface area contributed by atoms with Crippen LogP contribution in [-0.4, -0.2) is 11.3 Å². The summed E-state index contributed by atoms with van der Waals surface area (Å²) in [6, 6.07) is 4.45. The van der Waals surface area contributed by atoms with Crippen LogP contribution in [0, 0.1) is 5.82 Å². The first-order chi connectivity index (χ1) is 7.22. The third kappa shape index (κ3) is 1.91. The molecule has 0 N–H and O–H groups in total. The summed E-state index contributed by atoms with van der Waals surface area (Å²) in [4.78, 5) is 14.8. The van der Waals surface area contributed by atoms with E-state index < -0.39 is 5.82 Å². The van der Waals surface area contributed by atoms with E-state index in [0.29, 0.717) is 26.8 Å². The van der Waals surface area contributed by atoms with Crippen molar-refractivity contribution in [2.24, 2.45) is 0 Å². The van der Waals surface area contributed by atoms with Crippen LogP contribution >= 0.6 is 22.9 Å². The molecule has 1 aromatic heterocycles. The molecular formula is C10H5ClFNOS. The van der Waals surface area contributed by atoms with Crippen LogP contribution in [0.25, 0.3) is 10.4 Å². The monoisotopic (exact) mass is 241 g/mol. The Labute approximate surface area is 94.3 Å². The fraction of sp³-hybridized carbons (Fsp3) is 0. The van der Waals surface area contributed by atoms with E-state index in [2.05, 4.69) is 4.98 Å². The van der Waals surface area contributed by atoms with Crippen LogP contribution in [-0.2, 0) is 0 Å². The summed E-state index contributed by atoms with van der Waals surface area (Å²) in [5.41, 5.74) is 0.296. The topological polar surface area (TPSA) is 30.0 Å². The number of aldehydes is 1. The molecule has 0 amide bonds. The van der Waals surface area contributed by atoms with Crippen molar-refractivity contribution in [3.05, 3.63) is 40.2 Å². The van der Waals surface area contributed by atoms with E-state index in [0.717, 1.165) is 11.3 Å². The molecule has 0 aliphatic heterocycles. The van der Waals surface area contributed by atoms with Gasteiger partial charge >= 0.3 is 0 Å². The number of nitrogens with zero attached hydrogens (tertiary/aromatic N) is 1. The van der Waals surface area contributed by atoms with Crippen molar-refractivity contribution in [3.63, 3.8) is 0 Å². The van der Waals surface area contributed by atoms with Gasteiger partial charge in [0.1, 0.15) is 5.82 Å². The average Bonchev–Trinajstić information content (AvgIpc) is 2.66. The number of halogens is 2. The number of rotatable bonds is 2. The van der Waals surface area contributed by atoms with Gasteiger partial charge in [0.2, 0.25) is 0 Å². The van der Waals surface area contributed by atoms with Crippen molar-refractivity contribution >= 4 is 29.2 Å². The highest BCUT2D eigenvalue weighted by Crippen LogP contribution is 2.33. The first-order valence-corrected chi connectivity index (χ1v) is 5.27. The molecule has 0 bridgehead atoms. The van der Waals surface area contributed by atoms with Gasteiger partial charge in [-0.3, -0.25) is 4.79 Å². The minimum atomic E-state index is -0.413. The lowest BCUT2D eigenvalue weighted by molar-refractivity contribution is 0.112. The predicted octanol–water partition coefficient (Wildman–Crippen LogP) is 3.42. The van der Waals surface area contributed by atoms with E-state index in [1.54, 1.807) is 6.07 Å². The fourth-order valence-electron chi connectivity index (χ4n) is 1.19. The highest BCUT2D eigenvalue weighted by Gasteiger charge is 2.12. The molecule has 2 rings (SSSR count). The lowest BCUT2D eigenvalue weighted by Gasteiger charge is -2.01. The average molecular weight is 242 g/mol. The minimum Gasteiger partial charge on any atom is -0.295 e. The summed E-state index contributed by atoms with van der Waals surface area (Å²) in [5, 5.41) is 0.625. The maximum Gasteiger partial charge on any atom is 0.178 e. The molecule has 2 aromatic rings. The van der Waals surface area contributed by atoms with Crippen LogP contribution < -0.4 is 0 Å². The smallest absolute Gasteiger partial charge is 0.178 e. The predicted molar refractivity (Wildman–Crippen MR) is 57.9 cm³/mol. The van der Waals surface area contributed by atoms with Crippen LogP contribution in [0.5, 0.6) is 0 Å². The number of carbonyl (C=O) groups is 1. The number of carbonyl (C=O) groups excluding carboxylic acids is 1. The van der Waals surface area contributed by atoms with Crippen LogP contribution in [0.15, 0.2) is 24.4 Å². The molecule has 1 heterocycles. The Kier molecular flexibility index (Phi) is 2.79. The maximum atomic E-state index is 13.5. The second-order valence-corrected chi connectivity index (χ2v) is 4.25. The van der Waals surface area contributed by atoms with E-state index >= 15 is 0 Å². The molecule has 0 aliphatic rings. The van der Waals surface area contributed by atoms with Crippen molar-refractivity contribution in [2.45, 2.75) is 0 Å². The Bertz CT molecular complexity index is 492. The van der Waals surface area contributed by atoms with Gasteiger partial charge in [0.05, 0.1) is 9.90 Å². The third-order valence-corrected chi connectivity index (χ3v) is 3.09. The van der Waals surface area contributed by atoms with Gasteiger partial charge < -0.3 is 0 Å². The van der Waals surface area contributed by atoms with E-state index in [1.807, 2.05) is 0 Å². The first-order valence-electron chi connectivity index (χ1n) is 4.08. The Morgan fingerprint density at radius 2 is 2.27 bits per heavy atom. The van der Waals surface area contributed by atoms with Crippen molar-refractivity contribution in [1.82, 2.24) is 4.98 Å². The quantitative estimate of drug-likeness (QED) is 0.754. The molecule has 0 fully saturated rings. The molecule has 0 radical (unpaired) electrons. The van der Waals surface area contributed by atoms with Gasteiger partial charge in [-0.2, -0.15) is 0 Å². The van der Waals surface area contributed by atoms with Crippen LogP contribution in [0.2, 0.25) is 5.02 Å². The zero-order chi connectivity index (χ0) is 10.8. The number of aromatic nitrogens is 1. The Hall–Kier alpha value is -1.26. The Morgan fingerprint density at radius 3 is 2.87 bits per heavy atom. The molecule has 0 saturated carbocycles. The van der Waals surface area contributed by atoms with Crippen LogP contribution in [0.3, 0.4) is 0 Å². The minimum absolute atomic E-state index is 0.296. The highest BCUT2D eigenvalue weighted by molar-refractivity contribution is 7.16. The molecule has 0 atom stereocenters. The zero-order valence-corrected chi connectivity index (χ0v) is 8.98. The Morgan fingerprint density at radius 1 is 1.47 bits per heavy atom. The molecule has 1 aromatic carbocycles. The van der Waals surface area contributed by atoms with Gasteiger partial charge in [-0.1, -0.05) is 17.7 Å². The lowest BCUT2D eigenvalue weighted by Crippen LogP contribution is -1.81. The Balaban J connectivity index is 2.58. The summed E-state index contributed by atoms with van der Waals surface area (Å²) in [6.45, 7) is 0. The summed E-state index contributed by atoms with van der Waals surface area (Å²) in [6.07, 6.45) is 2.07. The van der Waals surface area contributed by atoms with Crippen LogP contribution in [0.1, 0.15) is 9.80 Å². The normalized spacial score (nSPS) is 10.3. The second-order valence-electron chi connectivity index (χ2n) is 2.78. The number of thiazole rings is 1. The van der Waals surface area contributed by atoms with E-state index in [9.17, 15) is 9.18 Å². The van der Waals surface area contributed by atoms with Crippen molar-refractivity contribution in [3.8, 4) is 10.4 Å². The fourth-order valence-corrected chi connectivity index (χ4v) is 2.31. The summed E-state index contributed by atoms with van der Waals surface area (Å²) in [7, 11) is 0.